The maximum atomic E-state index is 5.30. The van der Waals surface area contributed by atoms with Gasteiger partial charge in [-0.15, -0.1) is 12.8 Å². The van der Waals surface area contributed by atoms with Crippen molar-refractivity contribution in [1.82, 2.24) is 0 Å². The van der Waals surface area contributed by atoms with E-state index in [1.807, 2.05) is 0 Å². The number of ether oxygens (including phenoxy) is 2. The van der Waals surface area contributed by atoms with E-state index < -0.39 is 18.0 Å². The number of hydrogen-bond donors (Lipinski definition) is 0. The Balaban J connectivity index is 2.74. The van der Waals surface area contributed by atoms with Gasteiger partial charge in [0.1, 0.15) is 0 Å². The zero-order valence-corrected chi connectivity index (χ0v) is 6.63. The minimum Gasteiger partial charge on any atom is -0.331 e. The summed E-state index contributed by atoms with van der Waals surface area (Å²) in [6.45, 7) is 3.57. The first-order valence-electron chi connectivity index (χ1n) is 3.37. The zero-order valence-electron chi connectivity index (χ0n) is 6.63. The summed E-state index contributed by atoms with van der Waals surface area (Å²) in [5.41, 5.74) is 0. The summed E-state index contributed by atoms with van der Waals surface area (Å²) in [6, 6.07) is 0. The monoisotopic (exact) mass is 150 g/mol. The van der Waals surface area contributed by atoms with E-state index in [1.165, 1.54) is 0 Å². The lowest BCUT2D eigenvalue weighted by molar-refractivity contribution is -0.137. The van der Waals surface area contributed by atoms with Crippen LogP contribution in [0, 0.1) is 24.7 Å². The largest absolute Gasteiger partial charge is 0.331 e. The minimum absolute atomic E-state index is 0.407. The lowest BCUT2D eigenvalue weighted by Crippen LogP contribution is -2.20. The molecule has 0 aliphatic carbocycles. The van der Waals surface area contributed by atoms with Crippen molar-refractivity contribution in [3.05, 3.63) is 0 Å². The van der Waals surface area contributed by atoms with Gasteiger partial charge in [0.05, 0.1) is 0 Å². The highest BCUT2D eigenvalue weighted by molar-refractivity contribution is 5.13. The average molecular weight is 150 g/mol. The Morgan fingerprint density at radius 2 is 1.45 bits per heavy atom. The molecular formula is C9H10O2. The van der Waals surface area contributed by atoms with Crippen LogP contribution >= 0.6 is 0 Å². The van der Waals surface area contributed by atoms with Gasteiger partial charge in [0.25, 0.3) is 0 Å². The van der Waals surface area contributed by atoms with Gasteiger partial charge < -0.3 is 9.47 Å². The van der Waals surface area contributed by atoms with E-state index in [0.717, 1.165) is 0 Å². The molecule has 1 heterocycles. The van der Waals surface area contributed by atoms with Gasteiger partial charge in [-0.2, -0.15) is 0 Å². The van der Waals surface area contributed by atoms with Gasteiger partial charge in [-0.1, -0.05) is 11.8 Å². The van der Waals surface area contributed by atoms with Crippen molar-refractivity contribution in [3.63, 3.8) is 0 Å². The van der Waals surface area contributed by atoms with Crippen LogP contribution in [0.4, 0.5) is 0 Å². The molecule has 1 fully saturated rings. The van der Waals surface area contributed by atoms with Crippen LogP contribution in [-0.2, 0) is 9.47 Å². The molecule has 0 bridgehead atoms. The molecule has 0 unspecified atom stereocenters. The van der Waals surface area contributed by atoms with Gasteiger partial charge in [0, 0.05) is 0 Å². The highest BCUT2D eigenvalue weighted by atomic mass is 16.7. The van der Waals surface area contributed by atoms with E-state index in [9.17, 15) is 0 Å². The Hall–Kier alpha value is -0.960. The van der Waals surface area contributed by atoms with Gasteiger partial charge in [-0.3, -0.25) is 0 Å². The second kappa shape index (κ2) is 2.58. The van der Waals surface area contributed by atoms with E-state index in [2.05, 4.69) is 11.8 Å². The van der Waals surface area contributed by atoms with Gasteiger partial charge in [0.2, 0.25) is 0 Å². The molecule has 1 rings (SSSR count). The second-order valence-corrected chi connectivity index (χ2v) is 2.81. The van der Waals surface area contributed by atoms with Crippen LogP contribution in [0.1, 0.15) is 13.8 Å². The Kier molecular flexibility index (Phi) is 1.91. The summed E-state index contributed by atoms with van der Waals surface area (Å²) in [7, 11) is 0. The van der Waals surface area contributed by atoms with Crippen LogP contribution in [-0.4, -0.2) is 18.0 Å². The van der Waals surface area contributed by atoms with E-state index in [4.69, 9.17) is 22.3 Å². The molecule has 0 saturated carbocycles. The molecular weight excluding hydrogens is 140 g/mol. The molecule has 0 amide bonds. The van der Waals surface area contributed by atoms with Crippen LogP contribution in [0.5, 0.6) is 0 Å². The van der Waals surface area contributed by atoms with Crippen LogP contribution in [0.2, 0.25) is 0 Å². The molecule has 11 heavy (non-hydrogen) atoms. The molecule has 2 nitrogen and oxygen atoms in total. The second-order valence-electron chi connectivity index (χ2n) is 2.81. The fourth-order valence-corrected chi connectivity index (χ4v) is 1.01. The van der Waals surface area contributed by atoms with Crippen molar-refractivity contribution >= 4 is 0 Å². The fraction of sp³-hybridized carbons (Fsp3) is 0.556. The van der Waals surface area contributed by atoms with Gasteiger partial charge in [-0.05, 0) is 13.8 Å². The summed E-state index contributed by atoms with van der Waals surface area (Å²) < 4.78 is 10.6. The topological polar surface area (TPSA) is 18.5 Å². The molecule has 1 aliphatic rings. The third-order valence-corrected chi connectivity index (χ3v) is 1.43. The molecule has 0 radical (unpaired) electrons. The molecule has 2 heteroatoms. The van der Waals surface area contributed by atoms with Crippen molar-refractivity contribution in [2.45, 2.75) is 31.8 Å². The van der Waals surface area contributed by atoms with Crippen molar-refractivity contribution in [2.24, 2.45) is 0 Å². The Bertz CT molecular complexity index is 205. The van der Waals surface area contributed by atoms with Crippen molar-refractivity contribution in [1.29, 1.82) is 0 Å². The Labute approximate surface area is 66.9 Å². The highest BCUT2D eigenvalue weighted by Gasteiger charge is 2.39. The smallest absolute Gasteiger partial charge is 0.166 e. The van der Waals surface area contributed by atoms with E-state index in [0.29, 0.717) is 0 Å². The van der Waals surface area contributed by atoms with E-state index >= 15 is 0 Å². The predicted octanol–water partition coefficient (Wildman–Crippen LogP) is 0.773. The first-order valence-corrected chi connectivity index (χ1v) is 3.37. The standard InChI is InChI=1S/C9H10O2/c1-5-7-8(6-2)11-9(3,4)10-7/h1-2,7-8H,3-4H3/t7-,8-/m1/s1. The maximum absolute atomic E-state index is 5.30. The van der Waals surface area contributed by atoms with Crippen LogP contribution < -0.4 is 0 Å². The van der Waals surface area contributed by atoms with Gasteiger partial charge in [0.15, 0.2) is 18.0 Å². The van der Waals surface area contributed by atoms with Crippen LogP contribution in [0.25, 0.3) is 0 Å². The summed E-state index contributed by atoms with van der Waals surface area (Å²) in [5.74, 6) is 4.22. The Morgan fingerprint density at radius 3 is 1.73 bits per heavy atom. The summed E-state index contributed by atoms with van der Waals surface area (Å²) in [6.07, 6.45) is 9.53. The average Bonchev–Trinajstić information content (AvgIpc) is 2.25. The molecule has 58 valence electrons. The molecule has 1 aliphatic heterocycles. The number of terminal acetylenes is 2. The van der Waals surface area contributed by atoms with Gasteiger partial charge in [-0.25, -0.2) is 0 Å². The summed E-state index contributed by atoms with van der Waals surface area (Å²) in [4.78, 5) is 0. The minimum atomic E-state index is -0.645. The lowest BCUT2D eigenvalue weighted by Gasteiger charge is -2.14. The summed E-state index contributed by atoms with van der Waals surface area (Å²) >= 11 is 0. The SMILES string of the molecule is C#C[C@H]1OC(C)(C)O[C@@H]1C#C. The quantitative estimate of drug-likeness (QED) is 0.475. The molecule has 2 atom stereocenters. The molecule has 0 spiro atoms. The number of rotatable bonds is 0. The molecule has 1 saturated heterocycles. The molecule has 0 aromatic heterocycles. The first kappa shape index (κ1) is 8.14. The van der Waals surface area contributed by atoms with Gasteiger partial charge >= 0.3 is 0 Å². The lowest BCUT2D eigenvalue weighted by atomic mass is 10.2. The van der Waals surface area contributed by atoms with Crippen LogP contribution in [0.3, 0.4) is 0 Å². The third kappa shape index (κ3) is 1.54. The zero-order chi connectivity index (χ0) is 8.48. The molecule has 0 aromatic carbocycles. The maximum Gasteiger partial charge on any atom is 0.166 e. The molecule has 0 N–H and O–H groups in total. The number of hydrogen-bond acceptors (Lipinski definition) is 2. The Morgan fingerprint density at radius 1 is 1.09 bits per heavy atom. The highest BCUT2D eigenvalue weighted by Crippen LogP contribution is 2.26. The van der Waals surface area contributed by atoms with Crippen molar-refractivity contribution in [3.8, 4) is 24.7 Å². The molecule has 0 aromatic rings. The summed E-state index contributed by atoms with van der Waals surface area (Å²) in [5, 5.41) is 0. The van der Waals surface area contributed by atoms with Crippen molar-refractivity contribution < 1.29 is 9.47 Å². The first-order chi connectivity index (χ1) is 5.09. The van der Waals surface area contributed by atoms with E-state index in [1.54, 1.807) is 13.8 Å². The van der Waals surface area contributed by atoms with Crippen LogP contribution in [0.15, 0.2) is 0 Å². The normalized spacial score (nSPS) is 34.2. The van der Waals surface area contributed by atoms with E-state index in [-0.39, 0.29) is 0 Å². The van der Waals surface area contributed by atoms with Crippen molar-refractivity contribution in [2.75, 3.05) is 0 Å². The third-order valence-electron chi connectivity index (χ3n) is 1.43. The fourth-order valence-electron chi connectivity index (χ4n) is 1.01. The predicted molar refractivity (Wildman–Crippen MR) is 41.5 cm³/mol.